The van der Waals surface area contributed by atoms with Gasteiger partial charge < -0.3 is 15.2 Å². The number of amides is 1. The number of phenolic OH excluding ortho intramolecular Hbond substituents is 1. The van der Waals surface area contributed by atoms with Gasteiger partial charge in [0.05, 0.1) is 12.2 Å². The van der Waals surface area contributed by atoms with Crippen LogP contribution in [0.4, 0.5) is 10.7 Å². The normalized spacial score (nSPS) is 13.6. The van der Waals surface area contributed by atoms with Crippen LogP contribution in [0.3, 0.4) is 0 Å². The fourth-order valence-electron chi connectivity index (χ4n) is 4.72. The zero-order chi connectivity index (χ0) is 26.4. The van der Waals surface area contributed by atoms with Gasteiger partial charge in [0.25, 0.3) is 5.91 Å². The van der Waals surface area contributed by atoms with Crippen LogP contribution in [-0.2, 0) is 19.3 Å². The number of allylic oxidation sites excluding steroid dienone is 1. The molecule has 194 valence electrons. The third-order valence-corrected chi connectivity index (χ3v) is 8.02. The van der Waals surface area contributed by atoms with Crippen LogP contribution in [0.25, 0.3) is 0 Å². The molecule has 0 unspecified atom stereocenters. The number of aryl methyl sites for hydroxylation is 3. The van der Waals surface area contributed by atoms with Crippen LogP contribution in [0.15, 0.2) is 48.0 Å². The van der Waals surface area contributed by atoms with Crippen molar-refractivity contribution in [2.75, 3.05) is 11.9 Å². The van der Waals surface area contributed by atoms with Crippen molar-refractivity contribution in [1.29, 1.82) is 0 Å². The first-order chi connectivity index (χ1) is 17.9. The first kappa shape index (κ1) is 26.7. The van der Waals surface area contributed by atoms with Gasteiger partial charge in [0, 0.05) is 22.3 Å². The summed E-state index contributed by atoms with van der Waals surface area (Å²) in [4.78, 5) is 19.8. The molecule has 0 saturated heterocycles. The van der Waals surface area contributed by atoms with E-state index >= 15 is 0 Å². The van der Waals surface area contributed by atoms with Gasteiger partial charge in [0.1, 0.15) is 5.00 Å². The third-order valence-electron chi connectivity index (χ3n) is 6.82. The summed E-state index contributed by atoms with van der Waals surface area (Å²) in [6.45, 7) is 10.2. The number of phenols is 1. The number of thiophene rings is 1. The zero-order valence-corrected chi connectivity index (χ0v) is 22.8. The maximum Gasteiger partial charge on any atom is 0.259 e. The van der Waals surface area contributed by atoms with Gasteiger partial charge >= 0.3 is 0 Å². The lowest BCUT2D eigenvalue weighted by atomic mass is 9.96. The highest BCUT2D eigenvalue weighted by molar-refractivity contribution is 7.16. The minimum Gasteiger partial charge on any atom is -0.504 e. The molecule has 0 spiro atoms. The molecule has 2 aromatic carbocycles. The number of fused-ring (bicyclic) bond motifs is 1. The molecule has 0 atom stereocenters. The largest absolute Gasteiger partial charge is 0.504 e. The lowest BCUT2D eigenvalue weighted by Crippen LogP contribution is -2.14. The van der Waals surface area contributed by atoms with Crippen molar-refractivity contribution in [1.82, 2.24) is 0 Å². The number of aliphatic imine (C=N–C) groups is 1. The van der Waals surface area contributed by atoms with E-state index in [0.29, 0.717) is 24.3 Å². The number of carbonyl (C=O) groups excluding carboxylic acids is 1. The monoisotopic (exact) mass is 516 g/mol. The van der Waals surface area contributed by atoms with E-state index in [1.807, 2.05) is 31.2 Å². The van der Waals surface area contributed by atoms with Crippen molar-refractivity contribution in [3.8, 4) is 11.5 Å². The summed E-state index contributed by atoms with van der Waals surface area (Å²) < 4.78 is 5.65. The summed E-state index contributed by atoms with van der Waals surface area (Å²) >= 11 is 1.62. The molecule has 3 aromatic rings. The number of carbonyl (C=O) groups is 1. The Morgan fingerprint density at radius 1 is 1.14 bits per heavy atom. The first-order valence-electron chi connectivity index (χ1n) is 13.1. The number of aromatic hydroxyl groups is 1. The van der Waals surface area contributed by atoms with E-state index in [1.54, 1.807) is 29.7 Å². The van der Waals surface area contributed by atoms with Crippen molar-refractivity contribution in [3.63, 3.8) is 0 Å². The Morgan fingerprint density at radius 2 is 1.92 bits per heavy atom. The molecule has 0 fully saturated rings. The number of anilines is 1. The van der Waals surface area contributed by atoms with Crippen LogP contribution in [0, 0.1) is 13.8 Å². The van der Waals surface area contributed by atoms with Crippen LogP contribution < -0.4 is 10.1 Å². The van der Waals surface area contributed by atoms with Crippen molar-refractivity contribution in [3.05, 3.63) is 81.2 Å². The van der Waals surface area contributed by atoms with Crippen molar-refractivity contribution < 1.29 is 14.6 Å². The van der Waals surface area contributed by atoms with Crippen molar-refractivity contribution >= 4 is 34.1 Å². The quantitative estimate of drug-likeness (QED) is 0.236. The van der Waals surface area contributed by atoms with Gasteiger partial charge in [-0.1, -0.05) is 25.0 Å². The number of rotatable bonds is 8. The Hall–Kier alpha value is -3.38. The Kier molecular flexibility index (Phi) is 8.82. The Labute approximate surface area is 223 Å². The maximum absolute atomic E-state index is 13.7. The van der Waals surface area contributed by atoms with E-state index in [0.717, 1.165) is 58.6 Å². The summed E-state index contributed by atoms with van der Waals surface area (Å²) in [5.41, 5.74) is 6.50. The van der Waals surface area contributed by atoms with Gasteiger partial charge in [0.2, 0.25) is 0 Å². The van der Waals surface area contributed by atoms with Gasteiger partial charge in [-0.3, -0.25) is 4.79 Å². The molecule has 0 aliphatic heterocycles. The van der Waals surface area contributed by atoms with E-state index in [1.165, 1.54) is 23.3 Å². The van der Waals surface area contributed by atoms with Gasteiger partial charge in [0.15, 0.2) is 11.5 Å². The predicted molar refractivity (Wildman–Crippen MR) is 154 cm³/mol. The molecular weight excluding hydrogens is 480 g/mol. The molecule has 37 heavy (non-hydrogen) atoms. The Balaban J connectivity index is 1.73. The third kappa shape index (κ3) is 6.31. The molecule has 4 rings (SSSR count). The fraction of sp³-hybridized carbons (Fsp3) is 0.355. The molecule has 5 nitrogen and oxygen atoms in total. The molecule has 0 bridgehead atoms. The second kappa shape index (κ2) is 12.2. The lowest BCUT2D eigenvalue weighted by molar-refractivity contribution is 0.102. The molecular formula is C31H36N2O3S. The van der Waals surface area contributed by atoms with Crippen molar-refractivity contribution in [2.24, 2.45) is 4.99 Å². The smallest absolute Gasteiger partial charge is 0.259 e. The topological polar surface area (TPSA) is 70.9 Å². The van der Waals surface area contributed by atoms with E-state index in [-0.39, 0.29) is 11.7 Å². The molecule has 1 heterocycles. The average molecular weight is 517 g/mol. The number of benzene rings is 2. The van der Waals surface area contributed by atoms with E-state index < -0.39 is 0 Å². The highest BCUT2D eigenvalue weighted by Gasteiger charge is 2.24. The molecule has 1 aliphatic rings. The minimum atomic E-state index is -0.110. The number of hydrogen-bond donors (Lipinski definition) is 2. The Morgan fingerprint density at radius 3 is 2.65 bits per heavy atom. The summed E-state index contributed by atoms with van der Waals surface area (Å²) in [6.07, 6.45) is 10.5. The standard InChI is InChI=1S/C31H36N2O3S/c1-5-11-23-17-22(18-26(29(23)34)36-6-2)19-32-31-28(25-12-9-7-8-10-13-27(25)37-31)30(35)33-24-15-14-20(3)21(4)16-24/h5,14-19,34H,1,6-13H2,2-4H3,(H,33,35). The molecule has 6 heteroatoms. The average Bonchev–Trinajstić information content (AvgIpc) is 3.19. The van der Waals surface area contributed by atoms with Gasteiger partial charge in [-0.05, 0) is 99.4 Å². The number of ether oxygens (including phenoxy) is 1. The van der Waals surface area contributed by atoms with Crippen LogP contribution in [0.5, 0.6) is 11.5 Å². The summed E-state index contributed by atoms with van der Waals surface area (Å²) in [7, 11) is 0. The summed E-state index contributed by atoms with van der Waals surface area (Å²) in [5.74, 6) is 0.447. The minimum absolute atomic E-state index is 0.110. The number of nitrogens with zero attached hydrogens (tertiary/aromatic N) is 1. The molecule has 0 radical (unpaired) electrons. The fourth-order valence-corrected chi connectivity index (χ4v) is 5.95. The summed E-state index contributed by atoms with van der Waals surface area (Å²) in [5, 5.41) is 14.4. The maximum atomic E-state index is 13.7. The Bertz CT molecular complexity index is 1320. The van der Waals surface area contributed by atoms with Crippen LogP contribution in [0.1, 0.15) is 75.7 Å². The van der Waals surface area contributed by atoms with Crippen LogP contribution in [0.2, 0.25) is 0 Å². The zero-order valence-electron chi connectivity index (χ0n) is 22.0. The highest BCUT2D eigenvalue weighted by Crippen LogP contribution is 2.40. The van der Waals surface area contributed by atoms with Gasteiger partial charge in [-0.25, -0.2) is 4.99 Å². The molecule has 1 amide bonds. The molecule has 0 saturated carbocycles. The number of nitrogens with one attached hydrogen (secondary N) is 1. The van der Waals surface area contributed by atoms with E-state index in [2.05, 4.69) is 25.7 Å². The lowest BCUT2D eigenvalue weighted by Gasteiger charge is -2.12. The van der Waals surface area contributed by atoms with Crippen molar-refractivity contribution in [2.45, 2.75) is 65.7 Å². The van der Waals surface area contributed by atoms with Gasteiger partial charge in [-0.2, -0.15) is 0 Å². The van der Waals surface area contributed by atoms with E-state index in [9.17, 15) is 9.90 Å². The number of hydrogen-bond acceptors (Lipinski definition) is 5. The van der Waals surface area contributed by atoms with Crippen LogP contribution >= 0.6 is 11.3 Å². The highest BCUT2D eigenvalue weighted by atomic mass is 32.1. The van der Waals surface area contributed by atoms with Gasteiger partial charge in [-0.15, -0.1) is 17.9 Å². The SMILES string of the molecule is C=CCc1cc(C=Nc2sc3c(c2C(=O)Nc2ccc(C)c(C)c2)CCCCCC3)cc(OCC)c1O. The van der Waals surface area contributed by atoms with Crippen LogP contribution in [-0.4, -0.2) is 23.8 Å². The van der Waals surface area contributed by atoms with E-state index in [4.69, 9.17) is 9.73 Å². The molecule has 2 N–H and O–H groups in total. The summed E-state index contributed by atoms with van der Waals surface area (Å²) in [6, 6.07) is 9.67. The second-order valence-electron chi connectivity index (χ2n) is 9.56. The predicted octanol–water partition coefficient (Wildman–Crippen LogP) is 7.86. The molecule has 1 aromatic heterocycles. The second-order valence-corrected chi connectivity index (χ2v) is 10.6. The molecule has 1 aliphatic carbocycles. The first-order valence-corrected chi connectivity index (χ1v) is 13.9.